The smallest absolute Gasteiger partial charge is 0.251 e. The number of hydrogen-bond acceptors (Lipinski definition) is 4. The first kappa shape index (κ1) is 21.5. The first-order valence-corrected chi connectivity index (χ1v) is 9.05. The Morgan fingerprint density at radius 2 is 1.85 bits per heavy atom. The fraction of sp³-hybridized carbons (Fsp3) is 0.350. The van der Waals surface area contributed by atoms with E-state index in [1.807, 2.05) is 24.3 Å². The molecule has 0 radical (unpaired) electrons. The van der Waals surface area contributed by atoms with Crippen molar-refractivity contribution in [3.8, 4) is 5.75 Å². The number of carbonyl (C=O) groups excluding carboxylic acids is 1. The van der Waals surface area contributed by atoms with Crippen LogP contribution >= 0.6 is 24.0 Å². The number of rotatable bonds is 6. The number of ether oxygens (including phenoxy) is 2. The molecular formula is C20H24Cl2N2O3. The molecule has 2 aromatic carbocycles. The van der Waals surface area contributed by atoms with Crippen LogP contribution in [0, 0.1) is 0 Å². The van der Waals surface area contributed by atoms with Crippen molar-refractivity contribution in [3.05, 3.63) is 64.7 Å². The number of benzene rings is 2. The quantitative estimate of drug-likeness (QED) is 0.790. The average Bonchev–Trinajstić information content (AvgIpc) is 2.70. The van der Waals surface area contributed by atoms with Gasteiger partial charge in [0.05, 0.1) is 26.4 Å². The van der Waals surface area contributed by atoms with E-state index in [0.29, 0.717) is 30.3 Å². The lowest BCUT2D eigenvalue weighted by molar-refractivity contribution is 0.0162. The molecule has 1 atom stereocenters. The number of methoxy groups -OCH3 is 1. The highest BCUT2D eigenvalue weighted by atomic mass is 35.5. The second kappa shape index (κ2) is 10.5. The molecule has 1 saturated heterocycles. The van der Waals surface area contributed by atoms with Gasteiger partial charge >= 0.3 is 0 Å². The molecule has 146 valence electrons. The van der Waals surface area contributed by atoms with Gasteiger partial charge in [0.2, 0.25) is 0 Å². The molecule has 2 aromatic rings. The molecule has 27 heavy (non-hydrogen) atoms. The van der Waals surface area contributed by atoms with Crippen LogP contribution in [0.25, 0.3) is 0 Å². The molecule has 0 aromatic heterocycles. The molecule has 7 heteroatoms. The summed E-state index contributed by atoms with van der Waals surface area (Å²) in [5.74, 6) is 0.613. The number of hydrogen-bond donors (Lipinski definition) is 1. The number of nitrogens with one attached hydrogen (secondary N) is 1. The average molecular weight is 411 g/mol. The highest BCUT2D eigenvalue weighted by molar-refractivity contribution is 6.31. The van der Waals surface area contributed by atoms with Crippen molar-refractivity contribution in [2.45, 2.75) is 6.04 Å². The molecule has 1 aliphatic rings. The summed E-state index contributed by atoms with van der Waals surface area (Å²) in [5.41, 5.74) is 1.62. The zero-order valence-electron chi connectivity index (χ0n) is 15.2. The Labute approximate surface area is 171 Å². The van der Waals surface area contributed by atoms with Crippen molar-refractivity contribution >= 4 is 29.9 Å². The van der Waals surface area contributed by atoms with E-state index in [1.165, 1.54) is 0 Å². The molecule has 5 nitrogen and oxygen atoms in total. The topological polar surface area (TPSA) is 50.8 Å². The largest absolute Gasteiger partial charge is 0.497 e. The summed E-state index contributed by atoms with van der Waals surface area (Å²) in [6.07, 6.45) is 0. The highest BCUT2D eigenvalue weighted by Gasteiger charge is 2.25. The predicted octanol–water partition coefficient (Wildman–Crippen LogP) is 3.57. The van der Waals surface area contributed by atoms with Crippen molar-refractivity contribution in [3.63, 3.8) is 0 Å². The van der Waals surface area contributed by atoms with Gasteiger partial charge in [-0.15, -0.1) is 12.4 Å². The van der Waals surface area contributed by atoms with Crippen LogP contribution < -0.4 is 10.1 Å². The summed E-state index contributed by atoms with van der Waals surface area (Å²) in [4.78, 5) is 14.8. The van der Waals surface area contributed by atoms with Gasteiger partial charge in [-0.3, -0.25) is 9.69 Å². The van der Waals surface area contributed by atoms with Crippen LogP contribution in [0.1, 0.15) is 22.0 Å². The number of amides is 1. The number of nitrogens with zero attached hydrogens (tertiary/aromatic N) is 1. The van der Waals surface area contributed by atoms with E-state index in [-0.39, 0.29) is 24.4 Å². The Morgan fingerprint density at radius 1 is 1.19 bits per heavy atom. The van der Waals surface area contributed by atoms with Crippen molar-refractivity contribution in [2.75, 3.05) is 40.0 Å². The maximum absolute atomic E-state index is 12.5. The number of carbonyl (C=O) groups is 1. The SMILES string of the molecule is COc1ccc(C(=O)NCC(c2ccccc2Cl)N2CCOCC2)cc1.Cl. The molecular weight excluding hydrogens is 387 g/mol. The summed E-state index contributed by atoms with van der Waals surface area (Å²) >= 11 is 6.42. The van der Waals surface area contributed by atoms with Gasteiger partial charge in [-0.2, -0.15) is 0 Å². The third-order valence-electron chi connectivity index (χ3n) is 4.56. The van der Waals surface area contributed by atoms with Gasteiger partial charge in [-0.1, -0.05) is 29.8 Å². The van der Waals surface area contributed by atoms with Gasteiger partial charge in [-0.05, 0) is 35.9 Å². The van der Waals surface area contributed by atoms with E-state index in [9.17, 15) is 4.79 Å². The zero-order chi connectivity index (χ0) is 18.4. The van der Waals surface area contributed by atoms with E-state index in [0.717, 1.165) is 24.4 Å². The lowest BCUT2D eigenvalue weighted by Crippen LogP contribution is -2.44. The molecule has 1 heterocycles. The van der Waals surface area contributed by atoms with Crippen LogP contribution in [0.2, 0.25) is 5.02 Å². The van der Waals surface area contributed by atoms with Crippen molar-refractivity contribution in [2.24, 2.45) is 0 Å². The number of halogens is 2. The molecule has 0 bridgehead atoms. The lowest BCUT2D eigenvalue weighted by atomic mass is 10.0. The Morgan fingerprint density at radius 3 is 2.48 bits per heavy atom. The van der Waals surface area contributed by atoms with Crippen molar-refractivity contribution in [1.29, 1.82) is 0 Å². The summed E-state index contributed by atoms with van der Waals surface area (Å²) < 4.78 is 10.6. The normalized spacial score (nSPS) is 15.5. The molecule has 1 unspecified atom stereocenters. The molecule has 1 aliphatic heterocycles. The maximum Gasteiger partial charge on any atom is 0.251 e. The third-order valence-corrected chi connectivity index (χ3v) is 4.90. The van der Waals surface area contributed by atoms with E-state index in [1.54, 1.807) is 31.4 Å². The van der Waals surface area contributed by atoms with E-state index >= 15 is 0 Å². The molecule has 0 aliphatic carbocycles. The number of morpholine rings is 1. The lowest BCUT2D eigenvalue weighted by Gasteiger charge is -2.35. The third kappa shape index (κ3) is 5.59. The molecule has 1 amide bonds. The Balaban J connectivity index is 0.00000261. The maximum atomic E-state index is 12.5. The van der Waals surface area contributed by atoms with Crippen molar-refractivity contribution < 1.29 is 14.3 Å². The molecule has 3 rings (SSSR count). The van der Waals surface area contributed by atoms with Crippen LogP contribution in [-0.4, -0.2) is 50.8 Å². The Hall–Kier alpha value is -1.79. The Bertz CT molecular complexity index is 734. The minimum Gasteiger partial charge on any atom is -0.497 e. The molecule has 1 N–H and O–H groups in total. The second-order valence-electron chi connectivity index (χ2n) is 6.12. The minimum absolute atomic E-state index is 0. The van der Waals surface area contributed by atoms with Crippen LogP contribution in [0.4, 0.5) is 0 Å². The predicted molar refractivity (Wildman–Crippen MR) is 109 cm³/mol. The van der Waals surface area contributed by atoms with Gasteiger partial charge < -0.3 is 14.8 Å². The second-order valence-corrected chi connectivity index (χ2v) is 6.53. The molecule has 0 saturated carbocycles. The minimum atomic E-state index is -0.113. The van der Waals surface area contributed by atoms with E-state index in [4.69, 9.17) is 21.1 Å². The van der Waals surface area contributed by atoms with E-state index < -0.39 is 0 Å². The fourth-order valence-corrected chi connectivity index (χ4v) is 3.37. The monoisotopic (exact) mass is 410 g/mol. The van der Waals surface area contributed by atoms with Gasteiger partial charge in [-0.25, -0.2) is 0 Å². The van der Waals surface area contributed by atoms with Gasteiger partial charge in [0.25, 0.3) is 5.91 Å². The summed E-state index contributed by atoms with van der Waals surface area (Å²) in [5, 5.41) is 3.75. The molecule has 0 spiro atoms. The van der Waals surface area contributed by atoms with Gasteiger partial charge in [0.1, 0.15) is 5.75 Å². The van der Waals surface area contributed by atoms with Gasteiger partial charge in [0.15, 0.2) is 0 Å². The summed E-state index contributed by atoms with van der Waals surface area (Å²) in [6, 6.07) is 14.9. The van der Waals surface area contributed by atoms with E-state index in [2.05, 4.69) is 10.2 Å². The zero-order valence-corrected chi connectivity index (χ0v) is 16.8. The first-order chi connectivity index (χ1) is 12.7. The van der Waals surface area contributed by atoms with Crippen LogP contribution in [0.3, 0.4) is 0 Å². The Kier molecular flexibility index (Phi) is 8.38. The first-order valence-electron chi connectivity index (χ1n) is 8.67. The summed E-state index contributed by atoms with van der Waals surface area (Å²) in [6.45, 7) is 3.48. The van der Waals surface area contributed by atoms with Crippen LogP contribution in [0.5, 0.6) is 5.75 Å². The van der Waals surface area contributed by atoms with Gasteiger partial charge in [0, 0.05) is 30.2 Å². The molecule has 1 fully saturated rings. The van der Waals surface area contributed by atoms with Crippen molar-refractivity contribution in [1.82, 2.24) is 10.2 Å². The van der Waals surface area contributed by atoms with Crippen LogP contribution in [-0.2, 0) is 4.74 Å². The fourth-order valence-electron chi connectivity index (χ4n) is 3.10. The standard InChI is InChI=1S/C20H23ClN2O3.ClH/c1-25-16-8-6-15(7-9-16)20(24)22-14-19(23-10-12-26-13-11-23)17-4-2-3-5-18(17)21;/h2-9,19H,10-14H2,1H3,(H,22,24);1H. The highest BCUT2D eigenvalue weighted by Crippen LogP contribution is 2.27. The summed E-state index contributed by atoms with van der Waals surface area (Å²) in [7, 11) is 1.60. The van der Waals surface area contributed by atoms with Crippen LogP contribution in [0.15, 0.2) is 48.5 Å².